The number of fused-ring (bicyclic) bond motifs is 1. The molecule has 2 heterocycles. The summed E-state index contributed by atoms with van der Waals surface area (Å²) in [5.74, 6) is -0.690. The summed E-state index contributed by atoms with van der Waals surface area (Å²) >= 11 is 0. The summed E-state index contributed by atoms with van der Waals surface area (Å²) in [5.41, 5.74) is 2.85. The lowest BCUT2D eigenvalue weighted by Crippen LogP contribution is -2.52. The van der Waals surface area contributed by atoms with Gasteiger partial charge in [0.25, 0.3) is 5.91 Å². The van der Waals surface area contributed by atoms with Crippen molar-refractivity contribution in [3.8, 4) is 0 Å². The van der Waals surface area contributed by atoms with Gasteiger partial charge in [0, 0.05) is 19.5 Å². The first-order valence-electron chi connectivity index (χ1n) is 9.05. The molecule has 0 saturated heterocycles. The summed E-state index contributed by atoms with van der Waals surface area (Å²) in [4.78, 5) is 27.4. The second-order valence-corrected chi connectivity index (χ2v) is 6.74. The maximum Gasteiger partial charge on any atom is 0.290 e. The van der Waals surface area contributed by atoms with Gasteiger partial charge in [0.15, 0.2) is 5.76 Å². The van der Waals surface area contributed by atoms with E-state index in [1.165, 1.54) is 18.4 Å². The fourth-order valence-corrected chi connectivity index (χ4v) is 3.42. The quantitative estimate of drug-likeness (QED) is 0.758. The minimum absolute atomic E-state index is 0.204. The van der Waals surface area contributed by atoms with E-state index < -0.39 is 6.04 Å². The Morgan fingerprint density at radius 3 is 2.50 bits per heavy atom. The highest BCUT2D eigenvalue weighted by Crippen LogP contribution is 2.25. The summed E-state index contributed by atoms with van der Waals surface area (Å²) in [6, 6.07) is 16.3. The molecule has 0 fully saturated rings. The summed E-state index contributed by atoms with van der Waals surface area (Å²) in [7, 11) is 0. The number of hydrogen-bond acceptors (Lipinski definition) is 3. The molecule has 0 spiro atoms. The molecule has 1 aliphatic rings. The Kier molecular flexibility index (Phi) is 4.93. The zero-order chi connectivity index (χ0) is 19.5. The average Bonchev–Trinajstić information content (AvgIpc) is 3.26. The highest BCUT2D eigenvalue weighted by Gasteiger charge is 2.35. The van der Waals surface area contributed by atoms with Gasteiger partial charge in [-0.1, -0.05) is 36.4 Å². The third-order valence-electron chi connectivity index (χ3n) is 4.92. The molecule has 6 heteroatoms. The Hall–Kier alpha value is -3.41. The van der Waals surface area contributed by atoms with E-state index >= 15 is 0 Å². The van der Waals surface area contributed by atoms with Crippen LogP contribution in [0.15, 0.2) is 71.3 Å². The Labute approximate surface area is 161 Å². The van der Waals surface area contributed by atoms with E-state index in [0.29, 0.717) is 13.0 Å². The Morgan fingerprint density at radius 2 is 1.79 bits per heavy atom. The second-order valence-electron chi connectivity index (χ2n) is 6.74. The Balaban J connectivity index is 1.55. The van der Waals surface area contributed by atoms with Crippen LogP contribution in [-0.2, 0) is 24.3 Å². The van der Waals surface area contributed by atoms with Gasteiger partial charge in [-0.15, -0.1) is 0 Å². The Morgan fingerprint density at radius 1 is 1.04 bits per heavy atom. The average molecular weight is 378 g/mol. The van der Waals surface area contributed by atoms with Crippen LogP contribution in [0.25, 0.3) is 0 Å². The molecule has 0 saturated carbocycles. The molecule has 3 aromatic rings. The number of benzene rings is 2. The van der Waals surface area contributed by atoms with Crippen LogP contribution in [0.2, 0.25) is 0 Å². The molecule has 0 aliphatic carbocycles. The zero-order valence-electron chi connectivity index (χ0n) is 15.1. The second kappa shape index (κ2) is 7.68. The van der Waals surface area contributed by atoms with Gasteiger partial charge in [-0.3, -0.25) is 9.59 Å². The van der Waals surface area contributed by atoms with Gasteiger partial charge in [-0.2, -0.15) is 0 Å². The largest absolute Gasteiger partial charge is 0.459 e. The molecule has 2 aromatic carbocycles. The van der Waals surface area contributed by atoms with Crippen molar-refractivity contribution in [1.82, 2.24) is 10.2 Å². The molecule has 2 amide bonds. The van der Waals surface area contributed by atoms with Crippen molar-refractivity contribution in [1.29, 1.82) is 0 Å². The smallest absolute Gasteiger partial charge is 0.290 e. The minimum Gasteiger partial charge on any atom is -0.459 e. The maximum atomic E-state index is 13.1. The standard InChI is InChI=1S/C22H19FN2O3/c23-18-9-7-15(8-10-18)13-24-21(26)19-12-16-4-1-2-5-17(16)14-25(19)22(27)20-6-3-11-28-20/h1-11,19H,12-14H2,(H,24,26)/t19-/m0/s1. The molecule has 1 aromatic heterocycles. The van der Waals surface area contributed by atoms with E-state index in [-0.39, 0.29) is 29.9 Å². The molecule has 0 bridgehead atoms. The van der Waals surface area contributed by atoms with Crippen LogP contribution in [0.1, 0.15) is 27.2 Å². The van der Waals surface area contributed by atoms with Gasteiger partial charge in [-0.25, -0.2) is 4.39 Å². The van der Waals surface area contributed by atoms with Crippen molar-refractivity contribution in [2.24, 2.45) is 0 Å². The van der Waals surface area contributed by atoms with E-state index in [1.807, 2.05) is 24.3 Å². The minimum atomic E-state index is -0.645. The van der Waals surface area contributed by atoms with Crippen LogP contribution in [0.4, 0.5) is 4.39 Å². The van der Waals surface area contributed by atoms with E-state index in [9.17, 15) is 14.0 Å². The summed E-state index contributed by atoms with van der Waals surface area (Å²) in [6.45, 7) is 0.602. The van der Waals surface area contributed by atoms with Crippen LogP contribution < -0.4 is 5.32 Å². The first-order chi connectivity index (χ1) is 13.6. The molecule has 142 valence electrons. The van der Waals surface area contributed by atoms with Crippen LogP contribution in [0, 0.1) is 5.82 Å². The number of nitrogens with one attached hydrogen (secondary N) is 1. The number of carbonyl (C=O) groups is 2. The molecule has 1 atom stereocenters. The maximum absolute atomic E-state index is 13.1. The number of furan rings is 1. The molecule has 1 N–H and O–H groups in total. The highest BCUT2D eigenvalue weighted by molar-refractivity contribution is 5.96. The summed E-state index contributed by atoms with van der Waals surface area (Å²) in [5, 5.41) is 2.86. The van der Waals surface area contributed by atoms with Crippen LogP contribution in [0.3, 0.4) is 0 Å². The number of hydrogen-bond donors (Lipinski definition) is 1. The first-order valence-corrected chi connectivity index (χ1v) is 9.05. The molecule has 5 nitrogen and oxygen atoms in total. The third-order valence-corrected chi connectivity index (χ3v) is 4.92. The van der Waals surface area contributed by atoms with E-state index in [1.54, 1.807) is 29.2 Å². The fraction of sp³-hybridized carbons (Fsp3) is 0.182. The van der Waals surface area contributed by atoms with Crippen LogP contribution in [-0.4, -0.2) is 22.8 Å². The summed E-state index contributed by atoms with van der Waals surface area (Å²) in [6.07, 6.45) is 1.87. The van der Waals surface area contributed by atoms with E-state index in [2.05, 4.69) is 5.32 Å². The van der Waals surface area contributed by atoms with Crippen LogP contribution >= 0.6 is 0 Å². The van der Waals surface area contributed by atoms with Gasteiger partial charge in [-0.05, 0) is 41.0 Å². The third kappa shape index (κ3) is 3.67. The molecule has 0 radical (unpaired) electrons. The van der Waals surface area contributed by atoms with Gasteiger partial charge >= 0.3 is 0 Å². The van der Waals surface area contributed by atoms with Crippen molar-refractivity contribution in [2.45, 2.75) is 25.6 Å². The number of carbonyl (C=O) groups excluding carboxylic acids is 2. The fourth-order valence-electron chi connectivity index (χ4n) is 3.42. The normalized spacial score (nSPS) is 15.8. The van der Waals surface area contributed by atoms with Gasteiger partial charge in [0.1, 0.15) is 11.9 Å². The number of nitrogens with zero attached hydrogens (tertiary/aromatic N) is 1. The van der Waals surface area contributed by atoms with E-state index in [4.69, 9.17) is 4.42 Å². The SMILES string of the molecule is O=C(NCc1ccc(F)cc1)[C@@H]1Cc2ccccc2CN1C(=O)c1ccco1. The molecule has 1 aliphatic heterocycles. The van der Waals surface area contributed by atoms with Crippen molar-refractivity contribution in [2.75, 3.05) is 0 Å². The lowest BCUT2D eigenvalue weighted by atomic mass is 9.93. The zero-order valence-corrected chi connectivity index (χ0v) is 15.1. The molecule has 0 unspecified atom stereocenters. The van der Waals surface area contributed by atoms with Gasteiger partial charge in [0.05, 0.1) is 6.26 Å². The predicted molar refractivity (Wildman–Crippen MR) is 101 cm³/mol. The van der Waals surface area contributed by atoms with E-state index in [0.717, 1.165) is 16.7 Å². The summed E-state index contributed by atoms with van der Waals surface area (Å²) < 4.78 is 18.3. The topological polar surface area (TPSA) is 62.6 Å². The highest BCUT2D eigenvalue weighted by atomic mass is 19.1. The lowest BCUT2D eigenvalue weighted by Gasteiger charge is -2.35. The molecule has 28 heavy (non-hydrogen) atoms. The lowest BCUT2D eigenvalue weighted by molar-refractivity contribution is -0.126. The van der Waals surface area contributed by atoms with Crippen molar-refractivity contribution < 1.29 is 18.4 Å². The molecular formula is C22H19FN2O3. The van der Waals surface area contributed by atoms with Crippen molar-refractivity contribution in [3.63, 3.8) is 0 Å². The van der Waals surface area contributed by atoms with Crippen molar-refractivity contribution >= 4 is 11.8 Å². The molecular weight excluding hydrogens is 359 g/mol. The van der Waals surface area contributed by atoms with Gasteiger partial charge < -0.3 is 14.6 Å². The predicted octanol–water partition coefficient (Wildman–Crippen LogP) is 3.30. The first kappa shape index (κ1) is 18.0. The number of halogens is 1. The van der Waals surface area contributed by atoms with Gasteiger partial charge in [0.2, 0.25) is 5.91 Å². The Bertz CT molecular complexity index is 983. The van der Waals surface area contributed by atoms with Crippen LogP contribution in [0.5, 0.6) is 0 Å². The molecule has 4 rings (SSSR count). The van der Waals surface area contributed by atoms with Crippen molar-refractivity contribution in [3.05, 3.63) is 95.2 Å². The number of amides is 2. The monoisotopic (exact) mass is 378 g/mol. The number of rotatable bonds is 4.